The molecule has 0 spiro atoms. The molecule has 0 aliphatic heterocycles. The van der Waals surface area contributed by atoms with E-state index in [-0.39, 0.29) is 22.3 Å². The number of benzene rings is 1. The Kier molecular flexibility index (Phi) is 4.13. The van der Waals surface area contributed by atoms with Crippen molar-refractivity contribution in [2.24, 2.45) is 0 Å². The van der Waals surface area contributed by atoms with Gasteiger partial charge in [-0.25, -0.2) is 4.79 Å². The molecule has 1 amide bonds. The van der Waals surface area contributed by atoms with Crippen LogP contribution in [0.3, 0.4) is 0 Å². The predicted octanol–water partition coefficient (Wildman–Crippen LogP) is 2.33. The summed E-state index contributed by atoms with van der Waals surface area (Å²) in [6, 6.07) is 2.43. The molecule has 7 nitrogen and oxygen atoms in total. The SMILES string of the molecule is CC(C(=O)O)N(C(=O)c1ccc([N+](=O)[O-])cc1Cl)C1CC1. The van der Waals surface area contributed by atoms with Gasteiger partial charge in [0.25, 0.3) is 11.6 Å². The maximum Gasteiger partial charge on any atom is 0.326 e. The molecular weight excluding hydrogens is 300 g/mol. The number of carbonyl (C=O) groups excluding carboxylic acids is 1. The fourth-order valence-corrected chi connectivity index (χ4v) is 2.32. The van der Waals surface area contributed by atoms with E-state index in [1.807, 2.05) is 0 Å². The van der Waals surface area contributed by atoms with Gasteiger partial charge in [-0.05, 0) is 25.8 Å². The lowest BCUT2D eigenvalue weighted by Crippen LogP contribution is -2.44. The number of nitrogens with zero attached hydrogens (tertiary/aromatic N) is 2. The number of hydrogen-bond acceptors (Lipinski definition) is 4. The Morgan fingerprint density at radius 3 is 2.52 bits per heavy atom. The predicted molar refractivity (Wildman–Crippen MR) is 74.4 cm³/mol. The van der Waals surface area contributed by atoms with Crippen molar-refractivity contribution in [3.05, 3.63) is 38.9 Å². The van der Waals surface area contributed by atoms with Gasteiger partial charge in [-0.3, -0.25) is 14.9 Å². The zero-order chi connectivity index (χ0) is 15.7. The minimum absolute atomic E-state index is 0.0579. The average Bonchev–Trinajstić information content (AvgIpc) is 3.22. The van der Waals surface area contributed by atoms with Crippen LogP contribution < -0.4 is 0 Å². The number of amides is 1. The molecule has 1 aromatic rings. The number of non-ortho nitro benzene ring substituents is 1. The van der Waals surface area contributed by atoms with Crippen molar-refractivity contribution in [2.45, 2.75) is 31.8 Å². The van der Waals surface area contributed by atoms with Crippen LogP contribution >= 0.6 is 11.6 Å². The third kappa shape index (κ3) is 3.13. The van der Waals surface area contributed by atoms with Crippen LogP contribution in [-0.2, 0) is 4.79 Å². The highest BCUT2D eigenvalue weighted by molar-refractivity contribution is 6.34. The molecule has 0 radical (unpaired) electrons. The molecule has 0 heterocycles. The van der Waals surface area contributed by atoms with Gasteiger partial charge in [0, 0.05) is 18.2 Å². The number of hydrogen-bond donors (Lipinski definition) is 1. The highest BCUT2D eigenvalue weighted by Crippen LogP contribution is 2.32. The van der Waals surface area contributed by atoms with E-state index in [4.69, 9.17) is 16.7 Å². The summed E-state index contributed by atoms with van der Waals surface area (Å²) in [6.07, 6.45) is 1.49. The van der Waals surface area contributed by atoms with Crippen molar-refractivity contribution in [2.75, 3.05) is 0 Å². The van der Waals surface area contributed by atoms with Gasteiger partial charge in [-0.15, -0.1) is 0 Å². The average molecular weight is 313 g/mol. The standard InChI is InChI=1S/C13H13ClN2O5/c1-7(13(18)19)15(8-2-3-8)12(17)10-5-4-9(16(20)21)6-11(10)14/h4-8H,2-3H2,1H3,(H,18,19). The summed E-state index contributed by atoms with van der Waals surface area (Å²) in [5, 5.41) is 19.7. The molecule has 1 N–H and O–H groups in total. The highest BCUT2D eigenvalue weighted by Gasteiger charge is 2.39. The molecule has 1 atom stereocenters. The van der Waals surface area contributed by atoms with Crippen LogP contribution in [0.25, 0.3) is 0 Å². The maximum absolute atomic E-state index is 12.5. The second-order valence-electron chi connectivity index (χ2n) is 4.88. The zero-order valence-corrected chi connectivity index (χ0v) is 11.9. The van der Waals surface area contributed by atoms with Crippen molar-refractivity contribution in [1.29, 1.82) is 0 Å². The zero-order valence-electron chi connectivity index (χ0n) is 11.2. The lowest BCUT2D eigenvalue weighted by atomic mass is 10.1. The third-order valence-electron chi connectivity index (χ3n) is 3.34. The first-order chi connectivity index (χ1) is 9.82. The number of carbonyl (C=O) groups is 2. The Hall–Kier alpha value is -2.15. The molecule has 21 heavy (non-hydrogen) atoms. The summed E-state index contributed by atoms with van der Waals surface area (Å²) in [4.78, 5) is 34.9. The summed E-state index contributed by atoms with van der Waals surface area (Å²) in [5.74, 6) is -1.62. The van der Waals surface area contributed by atoms with Gasteiger partial charge in [-0.1, -0.05) is 11.6 Å². The Morgan fingerprint density at radius 1 is 1.48 bits per heavy atom. The molecule has 0 bridgehead atoms. The van der Waals surface area contributed by atoms with Crippen LogP contribution in [0.15, 0.2) is 18.2 Å². The van der Waals surface area contributed by atoms with Crippen molar-refractivity contribution < 1.29 is 19.6 Å². The van der Waals surface area contributed by atoms with E-state index in [0.29, 0.717) is 0 Å². The number of halogens is 1. The lowest BCUT2D eigenvalue weighted by molar-refractivity contribution is -0.384. The number of carboxylic acid groups (broad SMARTS) is 1. The van der Waals surface area contributed by atoms with E-state index in [2.05, 4.69) is 0 Å². The summed E-state index contributed by atoms with van der Waals surface area (Å²) in [6.45, 7) is 1.43. The normalized spacial score (nSPS) is 15.3. The number of carboxylic acids is 1. The minimum Gasteiger partial charge on any atom is -0.480 e. The van der Waals surface area contributed by atoms with E-state index in [0.717, 1.165) is 18.9 Å². The van der Waals surface area contributed by atoms with Crippen LogP contribution in [0.4, 0.5) is 5.69 Å². The number of nitro groups is 1. The van der Waals surface area contributed by atoms with Crippen LogP contribution in [0.2, 0.25) is 5.02 Å². The lowest BCUT2D eigenvalue weighted by Gasteiger charge is -2.26. The molecule has 1 saturated carbocycles. The van der Waals surface area contributed by atoms with Crippen LogP contribution in [0, 0.1) is 10.1 Å². The quantitative estimate of drug-likeness (QED) is 0.664. The first-order valence-electron chi connectivity index (χ1n) is 6.32. The number of rotatable bonds is 5. The molecule has 1 aliphatic carbocycles. The second-order valence-corrected chi connectivity index (χ2v) is 5.29. The molecule has 8 heteroatoms. The summed E-state index contributed by atoms with van der Waals surface area (Å²) < 4.78 is 0. The van der Waals surface area contributed by atoms with Gasteiger partial charge in [-0.2, -0.15) is 0 Å². The monoisotopic (exact) mass is 312 g/mol. The molecular formula is C13H13ClN2O5. The largest absolute Gasteiger partial charge is 0.480 e. The van der Waals surface area contributed by atoms with E-state index >= 15 is 0 Å². The van der Waals surface area contributed by atoms with Crippen LogP contribution in [-0.4, -0.2) is 38.9 Å². The fraction of sp³-hybridized carbons (Fsp3) is 0.385. The molecule has 1 aliphatic rings. The van der Waals surface area contributed by atoms with E-state index in [1.165, 1.54) is 24.0 Å². The second kappa shape index (κ2) is 5.69. The minimum atomic E-state index is -1.10. The summed E-state index contributed by atoms with van der Waals surface area (Å²) in [7, 11) is 0. The Balaban J connectivity index is 2.33. The Morgan fingerprint density at radius 2 is 2.10 bits per heavy atom. The molecule has 1 unspecified atom stereocenters. The summed E-state index contributed by atoms with van der Waals surface area (Å²) >= 11 is 5.92. The van der Waals surface area contributed by atoms with Crippen LogP contribution in [0.1, 0.15) is 30.1 Å². The topological polar surface area (TPSA) is 101 Å². The molecule has 0 aromatic heterocycles. The maximum atomic E-state index is 12.5. The molecule has 112 valence electrons. The first-order valence-corrected chi connectivity index (χ1v) is 6.70. The Labute approximate surface area is 125 Å². The van der Waals surface area contributed by atoms with Gasteiger partial charge >= 0.3 is 5.97 Å². The first kappa shape index (κ1) is 15.2. The van der Waals surface area contributed by atoms with Gasteiger partial charge in [0.1, 0.15) is 6.04 Å². The van der Waals surface area contributed by atoms with Crippen molar-refractivity contribution in [3.63, 3.8) is 0 Å². The van der Waals surface area contributed by atoms with E-state index < -0.39 is 22.8 Å². The number of nitro benzene ring substituents is 1. The van der Waals surface area contributed by atoms with Crippen molar-refractivity contribution in [3.8, 4) is 0 Å². The number of aliphatic carboxylic acids is 1. The van der Waals surface area contributed by atoms with Gasteiger partial charge in [0.2, 0.25) is 0 Å². The molecule has 2 rings (SSSR count). The smallest absolute Gasteiger partial charge is 0.326 e. The molecule has 1 fully saturated rings. The van der Waals surface area contributed by atoms with Crippen LogP contribution in [0.5, 0.6) is 0 Å². The van der Waals surface area contributed by atoms with Gasteiger partial charge in [0.05, 0.1) is 15.5 Å². The van der Waals surface area contributed by atoms with E-state index in [1.54, 1.807) is 0 Å². The van der Waals surface area contributed by atoms with Gasteiger partial charge in [0.15, 0.2) is 0 Å². The highest BCUT2D eigenvalue weighted by atomic mass is 35.5. The van der Waals surface area contributed by atoms with Crippen molar-refractivity contribution >= 4 is 29.2 Å². The molecule has 0 saturated heterocycles. The third-order valence-corrected chi connectivity index (χ3v) is 3.66. The van der Waals surface area contributed by atoms with Gasteiger partial charge < -0.3 is 10.0 Å². The van der Waals surface area contributed by atoms with Crippen molar-refractivity contribution in [1.82, 2.24) is 4.90 Å². The Bertz CT molecular complexity index is 615. The summed E-state index contributed by atoms with van der Waals surface area (Å²) in [5.41, 5.74) is -0.150. The fourth-order valence-electron chi connectivity index (χ4n) is 2.06. The van der Waals surface area contributed by atoms with E-state index in [9.17, 15) is 19.7 Å². The molecule has 1 aromatic carbocycles.